The number of rotatable bonds is 8. The summed E-state index contributed by atoms with van der Waals surface area (Å²) in [6.45, 7) is 7.52. The fourth-order valence-electron chi connectivity index (χ4n) is 3.55. The zero-order chi connectivity index (χ0) is 23.4. The monoisotopic (exact) mass is 477 g/mol. The van der Waals surface area contributed by atoms with E-state index in [1.165, 1.54) is 11.8 Å². The molecule has 1 aliphatic rings. The number of aromatic nitrogens is 2. The van der Waals surface area contributed by atoms with Gasteiger partial charge in [-0.3, -0.25) is 9.69 Å². The Balaban J connectivity index is 1.76. The van der Waals surface area contributed by atoms with Crippen molar-refractivity contribution < 1.29 is 9.53 Å². The molecular weight excluding hydrogens is 450 g/mol. The molecule has 33 heavy (non-hydrogen) atoms. The fourth-order valence-corrected chi connectivity index (χ4v) is 4.81. The van der Waals surface area contributed by atoms with Gasteiger partial charge in [-0.15, -0.1) is 0 Å². The van der Waals surface area contributed by atoms with E-state index in [1.807, 2.05) is 71.6 Å². The summed E-state index contributed by atoms with van der Waals surface area (Å²) in [6.07, 6.45) is 4.80. The predicted octanol–water partition coefficient (Wildman–Crippen LogP) is 6.19. The van der Waals surface area contributed by atoms with Gasteiger partial charge in [0.15, 0.2) is 0 Å². The Morgan fingerprint density at radius 2 is 1.94 bits per heavy atom. The molecule has 1 fully saturated rings. The molecule has 2 heterocycles. The summed E-state index contributed by atoms with van der Waals surface area (Å²) in [5.41, 5.74) is 3.53. The van der Waals surface area contributed by atoms with Crippen molar-refractivity contribution >= 4 is 40.3 Å². The van der Waals surface area contributed by atoms with Crippen molar-refractivity contribution in [3.05, 3.63) is 71.3 Å². The Morgan fingerprint density at radius 3 is 2.67 bits per heavy atom. The van der Waals surface area contributed by atoms with Crippen LogP contribution >= 0.6 is 24.0 Å². The number of carbonyl (C=O) groups excluding carboxylic acids is 1. The molecule has 1 amide bonds. The maximum absolute atomic E-state index is 13.1. The van der Waals surface area contributed by atoms with Gasteiger partial charge in [0, 0.05) is 23.9 Å². The van der Waals surface area contributed by atoms with E-state index in [2.05, 4.69) is 20.8 Å². The third kappa shape index (κ3) is 5.37. The van der Waals surface area contributed by atoms with Crippen molar-refractivity contribution in [2.45, 2.75) is 27.2 Å². The van der Waals surface area contributed by atoms with Gasteiger partial charge in [-0.25, -0.2) is 4.68 Å². The second kappa shape index (κ2) is 10.4. The van der Waals surface area contributed by atoms with Crippen molar-refractivity contribution in [2.75, 3.05) is 13.2 Å². The van der Waals surface area contributed by atoms with E-state index in [-0.39, 0.29) is 5.91 Å². The van der Waals surface area contributed by atoms with Crippen LogP contribution in [0.4, 0.5) is 0 Å². The topological polar surface area (TPSA) is 47.4 Å². The standard InChI is InChI=1S/C26H27N3O2S2/c1-4-13-31-22-12-8-9-19(14-22)24-20(17-29(27-24)21-10-6-5-7-11-21)15-23-25(30)28(16-18(2)3)26(32)33-23/h5-12,14-15,17-18H,4,13,16H2,1-3H3/b23-15-. The first-order chi connectivity index (χ1) is 16.0. The minimum Gasteiger partial charge on any atom is -0.494 e. The minimum absolute atomic E-state index is 0.0443. The average Bonchev–Trinajstić information content (AvgIpc) is 3.35. The molecule has 0 unspecified atom stereocenters. The lowest BCUT2D eigenvalue weighted by Crippen LogP contribution is -2.31. The molecule has 1 aliphatic heterocycles. The van der Waals surface area contributed by atoms with Crippen molar-refractivity contribution in [1.29, 1.82) is 0 Å². The van der Waals surface area contributed by atoms with Gasteiger partial charge in [-0.2, -0.15) is 5.10 Å². The normalized spacial score (nSPS) is 15.2. The van der Waals surface area contributed by atoms with E-state index in [1.54, 1.807) is 4.90 Å². The van der Waals surface area contributed by atoms with Crippen LogP contribution in [0.15, 0.2) is 65.7 Å². The van der Waals surface area contributed by atoms with Crippen LogP contribution in [-0.2, 0) is 4.79 Å². The number of thiocarbonyl (C=S) groups is 1. The van der Waals surface area contributed by atoms with E-state index in [0.717, 1.165) is 34.7 Å². The lowest BCUT2D eigenvalue weighted by Gasteiger charge is -2.16. The summed E-state index contributed by atoms with van der Waals surface area (Å²) in [5, 5.41) is 4.88. The first-order valence-electron chi connectivity index (χ1n) is 11.1. The van der Waals surface area contributed by atoms with Crippen LogP contribution < -0.4 is 4.74 Å². The van der Waals surface area contributed by atoms with Gasteiger partial charge in [0.25, 0.3) is 5.91 Å². The molecule has 7 heteroatoms. The summed E-state index contributed by atoms with van der Waals surface area (Å²) in [5.74, 6) is 1.10. The van der Waals surface area contributed by atoms with Crippen LogP contribution in [0.3, 0.4) is 0 Å². The fraction of sp³-hybridized carbons (Fsp3) is 0.269. The van der Waals surface area contributed by atoms with Crippen LogP contribution in [0.1, 0.15) is 32.8 Å². The summed E-state index contributed by atoms with van der Waals surface area (Å²) in [4.78, 5) is 15.4. The Kier molecular flexibility index (Phi) is 7.30. The van der Waals surface area contributed by atoms with Crippen molar-refractivity contribution in [1.82, 2.24) is 14.7 Å². The molecule has 2 aromatic carbocycles. The number of ether oxygens (including phenoxy) is 1. The van der Waals surface area contributed by atoms with Crippen molar-refractivity contribution in [2.24, 2.45) is 5.92 Å². The molecule has 1 aromatic heterocycles. The molecule has 0 N–H and O–H groups in total. The molecule has 4 rings (SSSR count). The summed E-state index contributed by atoms with van der Waals surface area (Å²) in [7, 11) is 0. The highest BCUT2D eigenvalue weighted by molar-refractivity contribution is 8.26. The van der Waals surface area contributed by atoms with Crippen LogP contribution in [0.25, 0.3) is 23.0 Å². The van der Waals surface area contributed by atoms with E-state index in [9.17, 15) is 4.79 Å². The number of hydrogen-bond donors (Lipinski definition) is 0. The van der Waals surface area contributed by atoms with Gasteiger partial charge in [0.2, 0.25) is 0 Å². The molecule has 170 valence electrons. The van der Waals surface area contributed by atoms with Crippen LogP contribution in [-0.4, -0.2) is 38.1 Å². The number of benzene rings is 2. The molecule has 0 radical (unpaired) electrons. The van der Waals surface area contributed by atoms with Gasteiger partial charge in [-0.05, 0) is 42.7 Å². The van der Waals surface area contributed by atoms with Crippen LogP contribution in [0, 0.1) is 5.92 Å². The molecule has 1 saturated heterocycles. The summed E-state index contributed by atoms with van der Waals surface area (Å²) < 4.78 is 8.28. The first kappa shape index (κ1) is 23.3. The number of para-hydroxylation sites is 1. The Hall–Kier alpha value is -2.90. The number of carbonyl (C=O) groups is 1. The molecule has 5 nitrogen and oxygen atoms in total. The zero-order valence-electron chi connectivity index (χ0n) is 19.0. The van der Waals surface area contributed by atoms with Gasteiger partial charge in [-0.1, -0.05) is 75.1 Å². The number of nitrogens with zero attached hydrogens (tertiary/aromatic N) is 3. The lowest BCUT2D eigenvalue weighted by atomic mass is 10.1. The second-order valence-corrected chi connectivity index (χ2v) is 9.95. The third-order valence-corrected chi connectivity index (χ3v) is 6.43. The van der Waals surface area contributed by atoms with Crippen LogP contribution in [0.5, 0.6) is 5.75 Å². The smallest absolute Gasteiger partial charge is 0.266 e. The molecule has 0 spiro atoms. The molecular formula is C26H27N3O2S2. The van der Waals surface area contributed by atoms with E-state index in [0.29, 0.717) is 28.3 Å². The highest BCUT2D eigenvalue weighted by Gasteiger charge is 2.32. The van der Waals surface area contributed by atoms with E-state index < -0.39 is 0 Å². The maximum Gasteiger partial charge on any atom is 0.266 e. The average molecular weight is 478 g/mol. The maximum atomic E-state index is 13.1. The van der Waals surface area contributed by atoms with E-state index >= 15 is 0 Å². The Bertz CT molecular complexity index is 1190. The SMILES string of the molecule is CCCOc1cccc(-c2nn(-c3ccccc3)cc2/C=C2\SC(=S)N(CC(C)C)C2=O)c1. The summed E-state index contributed by atoms with van der Waals surface area (Å²) in [6, 6.07) is 17.9. The van der Waals surface area contributed by atoms with E-state index in [4.69, 9.17) is 22.1 Å². The van der Waals surface area contributed by atoms with Crippen LogP contribution in [0.2, 0.25) is 0 Å². The van der Waals surface area contributed by atoms with Crippen molar-refractivity contribution in [3.63, 3.8) is 0 Å². The quantitative estimate of drug-likeness (QED) is 0.286. The van der Waals surface area contributed by atoms with Gasteiger partial charge in [0.1, 0.15) is 15.8 Å². The second-order valence-electron chi connectivity index (χ2n) is 8.28. The number of hydrogen-bond acceptors (Lipinski definition) is 5. The molecule has 0 aliphatic carbocycles. The molecule has 3 aromatic rings. The molecule has 0 bridgehead atoms. The number of thioether (sulfide) groups is 1. The summed E-state index contributed by atoms with van der Waals surface area (Å²) >= 11 is 6.83. The van der Waals surface area contributed by atoms with Gasteiger partial charge >= 0.3 is 0 Å². The predicted molar refractivity (Wildman–Crippen MR) is 140 cm³/mol. The molecule has 0 atom stereocenters. The third-order valence-electron chi connectivity index (χ3n) is 5.05. The minimum atomic E-state index is -0.0443. The largest absolute Gasteiger partial charge is 0.494 e. The number of amides is 1. The lowest BCUT2D eigenvalue weighted by molar-refractivity contribution is -0.122. The zero-order valence-corrected chi connectivity index (χ0v) is 20.7. The Labute approximate surface area is 204 Å². The highest BCUT2D eigenvalue weighted by atomic mass is 32.2. The van der Waals surface area contributed by atoms with Gasteiger partial charge in [0.05, 0.1) is 17.2 Å². The van der Waals surface area contributed by atoms with Crippen molar-refractivity contribution in [3.8, 4) is 22.7 Å². The highest BCUT2D eigenvalue weighted by Crippen LogP contribution is 2.35. The molecule has 0 saturated carbocycles. The Morgan fingerprint density at radius 1 is 1.15 bits per heavy atom. The first-order valence-corrected chi connectivity index (χ1v) is 12.3. The van der Waals surface area contributed by atoms with Gasteiger partial charge < -0.3 is 4.74 Å².